The molecule has 1 saturated carbocycles. The number of pyridine rings is 1. The van der Waals surface area contributed by atoms with Crippen LogP contribution in [-0.4, -0.2) is 28.9 Å². The second-order valence-corrected chi connectivity index (χ2v) is 8.85. The summed E-state index contributed by atoms with van der Waals surface area (Å²) in [6, 6.07) is 14.6. The molecule has 0 spiro atoms. The number of nitrogens with one attached hydrogen (secondary N) is 1. The van der Waals surface area contributed by atoms with Crippen LogP contribution in [0.3, 0.4) is 0 Å². The number of nitrogens with zero attached hydrogens (tertiary/aromatic N) is 3. The molecule has 0 unspecified atom stereocenters. The maximum Gasteiger partial charge on any atom is 0.174 e. The van der Waals surface area contributed by atoms with Crippen molar-refractivity contribution in [2.45, 2.75) is 44.8 Å². The number of ether oxygens (including phenoxy) is 2. The molecule has 1 N–H and O–H groups in total. The fourth-order valence-corrected chi connectivity index (χ4v) is 5.25. The Kier molecular flexibility index (Phi) is 5.29. The molecule has 1 saturated heterocycles. The van der Waals surface area contributed by atoms with E-state index >= 15 is 0 Å². The molecule has 2 aromatic heterocycles. The first-order valence-corrected chi connectivity index (χ1v) is 11.3. The van der Waals surface area contributed by atoms with Gasteiger partial charge in [0.15, 0.2) is 5.11 Å². The number of hydrogen-bond acceptors (Lipinski definition) is 4. The summed E-state index contributed by atoms with van der Waals surface area (Å²) in [4.78, 5) is 6.83. The van der Waals surface area contributed by atoms with Crippen LogP contribution < -0.4 is 19.7 Å². The zero-order valence-corrected chi connectivity index (χ0v) is 19.6. The number of benzene rings is 1. The molecule has 7 heteroatoms. The second kappa shape index (κ2) is 8.13. The van der Waals surface area contributed by atoms with Crippen molar-refractivity contribution in [2.75, 3.05) is 19.1 Å². The van der Waals surface area contributed by atoms with Crippen molar-refractivity contribution in [3.8, 4) is 11.5 Å². The van der Waals surface area contributed by atoms with E-state index in [9.17, 15) is 0 Å². The van der Waals surface area contributed by atoms with Crippen LogP contribution in [0.5, 0.6) is 11.5 Å². The maximum absolute atomic E-state index is 5.89. The Bertz CT molecular complexity index is 1160. The van der Waals surface area contributed by atoms with Crippen molar-refractivity contribution in [1.82, 2.24) is 14.9 Å². The standard InChI is InChI=1S/C25H28N4O2S/c1-15-13-19(16(2)28(15)17-8-9-17)24-23(20-7-5-6-12-26-20)27-25(32)29(24)21-14-18(30-3)10-11-22(21)31-4/h5-7,10-14,17,23-24H,8-9H2,1-4H3,(H,27,32)/t23-,24+/m1/s1. The summed E-state index contributed by atoms with van der Waals surface area (Å²) in [5.41, 5.74) is 5.66. The second-order valence-electron chi connectivity index (χ2n) is 8.46. The lowest BCUT2D eigenvalue weighted by atomic mass is 9.96. The molecule has 2 aliphatic rings. The van der Waals surface area contributed by atoms with E-state index in [-0.39, 0.29) is 12.1 Å². The minimum Gasteiger partial charge on any atom is -0.497 e. The van der Waals surface area contributed by atoms with Gasteiger partial charge in [-0.2, -0.15) is 0 Å². The molecule has 0 amide bonds. The van der Waals surface area contributed by atoms with Crippen LogP contribution in [-0.2, 0) is 0 Å². The molecule has 2 fully saturated rings. The molecule has 0 radical (unpaired) electrons. The van der Waals surface area contributed by atoms with E-state index in [1.54, 1.807) is 14.2 Å². The van der Waals surface area contributed by atoms with Crippen LogP contribution >= 0.6 is 12.2 Å². The van der Waals surface area contributed by atoms with Gasteiger partial charge in [-0.05, 0) is 74.8 Å². The number of hydrogen-bond donors (Lipinski definition) is 1. The van der Waals surface area contributed by atoms with Gasteiger partial charge in [0.2, 0.25) is 0 Å². The van der Waals surface area contributed by atoms with Crippen LogP contribution in [0.4, 0.5) is 5.69 Å². The Morgan fingerprint density at radius 1 is 1.06 bits per heavy atom. The zero-order chi connectivity index (χ0) is 22.4. The van der Waals surface area contributed by atoms with Crippen molar-refractivity contribution in [3.05, 3.63) is 71.3 Å². The van der Waals surface area contributed by atoms with Crippen LogP contribution in [0.2, 0.25) is 0 Å². The first-order valence-electron chi connectivity index (χ1n) is 10.9. The van der Waals surface area contributed by atoms with E-state index in [1.807, 2.05) is 36.5 Å². The van der Waals surface area contributed by atoms with Crippen LogP contribution in [0.1, 0.15) is 53.6 Å². The highest BCUT2D eigenvalue weighted by Crippen LogP contribution is 2.48. The average molecular weight is 449 g/mol. The predicted octanol–water partition coefficient (Wildman–Crippen LogP) is 5.03. The van der Waals surface area contributed by atoms with Gasteiger partial charge < -0.3 is 24.3 Å². The Morgan fingerprint density at radius 2 is 1.88 bits per heavy atom. The SMILES string of the molecule is COc1ccc(OC)c(N2C(=S)N[C@H](c3ccccn3)[C@@H]2c2cc(C)n(C3CC3)c2C)c1. The summed E-state index contributed by atoms with van der Waals surface area (Å²) in [7, 11) is 3.35. The number of thiocarbonyl (C=S) groups is 1. The van der Waals surface area contributed by atoms with Crippen LogP contribution in [0, 0.1) is 13.8 Å². The smallest absolute Gasteiger partial charge is 0.174 e. The van der Waals surface area contributed by atoms with E-state index in [2.05, 4.69) is 45.7 Å². The summed E-state index contributed by atoms with van der Waals surface area (Å²) in [5, 5.41) is 4.19. The Labute approximate surface area is 194 Å². The van der Waals surface area contributed by atoms with E-state index < -0.39 is 0 Å². The van der Waals surface area contributed by atoms with E-state index in [1.165, 1.54) is 29.8 Å². The minimum absolute atomic E-state index is 0.0721. The highest BCUT2D eigenvalue weighted by atomic mass is 32.1. The van der Waals surface area contributed by atoms with Crippen molar-refractivity contribution in [1.29, 1.82) is 0 Å². The van der Waals surface area contributed by atoms with Crippen molar-refractivity contribution in [2.24, 2.45) is 0 Å². The Hall–Kier alpha value is -3.06. The summed E-state index contributed by atoms with van der Waals surface area (Å²) in [5.74, 6) is 1.50. The van der Waals surface area contributed by atoms with Gasteiger partial charge in [0.25, 0.3) is 0 Å². The van der Waals surface area contributed by atoms with Gasteiger partial charge in [0.1, 0.15) is 11.5 Å². The number of anilines is 1. The summed E-state index contributed by atoms with van der Waals surface area (Å²) in [6.45, 7) is 4.42. The van der Waals surface area contributed by atoms with Gasteiger partial charge in [-0.1, -0.05) is 6.07 Å². The topological polar surface area (TPSA) is 51.6 Å². The quantitative estimate of drug-likeness (QED) is 0.534. The van der Waals surface area contributed by atoms with Gasteiger partial charge in [0.05, 0.1) is 37.7 Å². The molecule has 3 aromatic rings. The van der Waals surface area contributed by atoms with Crippen molar-refractivity contribution < 1.29 is 9.47 Å². The molecule has 1 aliphatic carbocycles. The number of methoxy groups -OCH3 is 2. The van der Waals surface area contributed by atoms with Crippen LogP contribution in [0.25, 0.3) is 0 Å². The van der Waals surface area contributed by atoms with Crippen molar-refractivity contribution in [3.63, 3.8) is 0 Å². The van der Waals surface area contributed by atoms with Gasteiger partial charge in [-0.15, -0.1) is 0 Å². The molecular weight excluding hydrogens is 420 g/mol. The van der Waals surface area contributed by atoms with E-state index in [0.29, 0.717) is 11.2 Å². The lowest BCUT2D eigenvalue weighted by Crippen LogP contribution is -2.30. The molecule has 1 aromatic carbocycles. The van der Waals surface area contributed by atoms with E-state index in [0.717, 1.165) is 22.9 Å². The summed E-state index contributed by atoms with van der Waals surface area (Å²) in [6.07, 6.45) is 4.32. The fourth-order valence-electron chi connectivity index (χ4n) is 4.91. The molecule has 6 nitrogen and oxygen atoms in total. The molecule has 5 rings (SSSR count). The first kappa shape index (κ1) is 20.8. The lowest BCUT2D eigenvalue weighted by Gasteiger charge is -2.29. The van der Waals surface area contributed by atoms with Gasteiger partial charge in [-0.3, -0.25) is 4.98 Å². The summed E-state index contributed by atoms with van der Waals surface area (Å²) < 4.78 is 13.7. The van der Waals surface area contributed by atoms with E-state index in [4.69, 9.17) is 21.7 Å². The molecule has 3 heterocycles. The first-order chi connectivity index (χ1) is 15.5. The molecule has 0 bridgehead atoms. The molecule has 2 atom stereocenters. The summed E-state index contributed by atoms with van der Waals surface area (Å²) >= 11 is 5.89. The van der Waals surface area contributed by atoms with Gasteiger partial charge >= 0.3 is 0 Å². The molecule has 1 aliphatic heterocycles. The molecular formula is C25H28N4O2S. The minimum atomic E-state index is -0.0900. The zero-order valence-electron chi connectivity index (χ0n) is 18.8. The van der Waals surface area contributed by atoms with Gasteiger partial charge in [-0.25, -0.2) is 0 Å². The highest BCUT2D eigenvalue weighted by molar-refractivity contribution is 7.80. The monoisotopic (exact) mass is 448 g/mol. The normalized spacial score (nSPS) is 20.4. The third-order valence-electron chi connectivity index (χ3n) is 6.50. The fraction of sp³-hybridized carbons (Fsp3) is 0.360. The number of rotatable bonds is 6. The molecule has 166 valence electrons. The van der Waals surface area contributed by atoms with Crippen molar-refractivity contribution >= 4 is 23.0 Å². The third-order valence-corrected chi connectivity index (χ3v) is 6.81. The molecule has 32 heavy (non-hydrogen) atoms. The number of aryl methyl sites for hydroxylation is 1. The van der Waals surface area contributed by atoms with Gasteiger partial charge in [0, 0.05) is 29.7 Å². The Balaban J connectivity index is 1.69. The average Bonchev–Trinajstić information content (AvgIpc) is 3.52. The van der Waals surface area contributed by atoms with Crippen LogP contribution in [0.15, 0.2) is 48.7 Å². The third kappa shape index (κ3) is 3.41. The largest absolute Gasteiger partial charge is 0.497 e. The number of aromatic nitrogens is 2. The Morgan fingerprint density at radius 3 is 2.53 bits per heavy atom. The highest BCUT2D eigenvalue weighted by Gasteiger charge is 2.44. The predicted molar refractivity (Wildman–Crippen MR) is 130 cm³/mol. The lowest BCUT2D eigenvalue weighted by molar-refractivity contribution is 0.403. The maximum atomic E-state index is 5.89.